The van der Waals surface area contributed by atoms with E-state index in [0.29, 0.717) is 12.5 Å². The van der Waals surface area contributed by atoms with Crippen LogP contribution in [0.3, 0.4) is 0 Å². The number of alkyl halides is 3. The summed E-state index contributed by atoms with van der Waals surface area (Å²) in [6.07, 6.45) is -3.76. The number of hydrogen-bond acceptors (Lipinski definition) is 1. The van der Waals surface area contributed by atoms with Gasteiger partial charge in [-0.1, -0.05) is 20.3 Å². The maximum Gasteiger partial charge on any atom is 0.390 e. The van der Waals surface area contributed by atoms with E-state index in [1.165, 1.54) is 0 Å². The van der Waals surface area contributed by atoms with Crippen LogP contribution in [0, 0.1) is 5.92 Å². The second-order valence-corrected chi connectivity index (χ2v) is 3.08. The predicted octanol–water partition coefficient (Wildman–Crippen LogP) is 2.57. The Morgan fingerprint density at radius 1 is 1.33 bits per heavy atom. The third kappa shape index (κ3) is 7.85. The van der Waals surface area contributed by atoms with Crippen LogP contribution in [0.25, 0.3) is 0 Å². The van der Waals surface area contributed by atoms with E-state index in [4.69, 9.17) is 0 Å². The third-order valence-corrected chi connectivity index (χ3v) is 1.77. The summed E-state index contributed by atoms with van der Waals surface area (Å²) in [5.74, 6) is 0.457. The first kappa shape index (κ1) is 11.8. The van der Waals surface area contributed by atoms with E-state index in [-0.39, 0.29) is 6.54 Å². The predicted molar refractivity (Wildman–Crippen MR) is 43.0 cm³/mol. The molecule has 1 unspecified atom stereocenters. The minimum atomic E-state index is -4.03. The topological polar surface area (TPSA) is 12.0 Å². The van der Waals surface area contributed by atoms with Gasteiger partial charge in [0.15, 0.2) is 0 Å². The van der Waals surface area contributed by atoms with Crippen molar-refractivity contribution in [3.63, 3.8) is 0 Å². The molecule has 0 radical (unpaired) electrons. The normalized spacial score (nSPS) is 14.8. The van der Waals surface area contributed by atoms with E-state index in [1.807, 2.05) is 13.8 Å². The third-order valence-electron chi connectivity index (χ3n) is 1.77. The molecule has 74 valence electrons. The summed E-state index contributed by atoms with van der Waals surface area (Å²) in [6, 6.07) is 0. The van der Waals surface area contributed by atoms with Gasteiger partial charge in [0.05, 0.1) is 6.42 Å². The van der Waals surface area contributed by atoms with Crippen LogP contribution in [0.5, 0.6) is 0 Å². The lowest BCUT2D eigenvalue weighted by Gasteiger charge is -2.10. The second-order valence-electron chi connectivity index (χ2n) is 3.08. The molecule has 4 heteroatoms. The molecule has 1 nitrogen and oxygen atoms in total. The minimum absolute atomic E-state index is 0.0356. The molecule has 1 atom stereocenters. The monoisotopic (exact) mass is 183 g/mol. The largest absolute Gasteiger partial charge is 0.390 e. The number of nitrogens with one attached hydrogen (secondary N) is 1. The van der Waals surface area contributed by atoms with E-state index in [9.17, 15) is 13.2 Å². The Balaban J connectivity index is 3.22. The second kappa shape index (κ2) is 5.41. The molecule has 0 aliphatic carbocycles. The van der Waals surface area contributed by atoms with Crippen molar-refractivity contribution in [3.05, 3.63) is 0 Å². The zero-order chi connectivity index (χ0) is 9.61. The first-order chi connectivity index (χ1) is 5.45. The van der Waals surface area contributed by atoms with Crippen LogP contribution < -0.4 is 5.32 Å². The molecule has 0 aliphatic heterocycles. The molecule has 1 N–H and O–H groups in total. The number of rotatable bonds is 5. The molecule has 12 heavy (non-hydrogen) atoms. The zero-order valence-corrected chi connectivity index (χ0v) is 7.54. The average molecular weight is 183 g/mol. The summed E-state index contributed by atoms with van der Waals surface area (Å²) in [7, 11) is 0. The molecule has 0 rings (SSSR count). The SMILES string of the molecule is CCC(C)CNCCC(F)(F)F. The van der Waals surface area contributed by atoms with Crippen LogP contribution in [0.4, 0.5) is 13.2 Å². The lowest BCUT2D eigenvalue weighted by atomic mass is 10.1. The van der Waals surface area contributed by atoms with Crippen molar-refractivity contribution < 1.29 is 13.2 Å². The highest BCUT2D eigenvalue weighted by atomic mass is 19.4. The van der Waals surface area contributed by atoms with Crippen molar-refractivity contribution in [1.29, 1.82) is 0 Å². The molecule has 0 aromatic rings. The van der Waals surface area contributed by atoms with E-state index < -0.39 is 12.6 Å². The Kier molecular flexibility index (Phi) is 5.29. The highest BCUT2D eigenvalue weighted by molar-refractivity contribution is 4.57. The van der Waals surface area contributed by atoms with Crippen molar-refractivity contribution in [2.75, 3.05) is 13.1 Å². The molecule has 0 aliphatic rings. The average Bonchev–Trinajstić information content (AvgIpc) is 1.96. The number of hydrogen-bond donors (Lipinski definition) is 1. The lowest BCUT2D eigenvalue weighted by Crippen LogP contribution is -2.25. The van der Waals surface area contributed by atoms with Crippen molar-refractivity contribution in [3.8, 4) is 0 Å². The van der Waals surface area contributed by atoms with Gasteiger partial charge >= 0.3 is 6.18 Å². The summed E-state index contributed by atoms with van der Waals surface area (Å²) in [5, 5.41) is 2.77. The van der Waals surface area contributed by atoms with Crippen LogP contribution in [0.1, 0.15) is 26.7 Å². The van der Waals surface area contributed by atoms with Gasteiger partial charge in [-0.3, -0.25) is 0 Å². The number of halogens is 3. The fourth-order valence-corrected chi connectivity index (χ4v) is 0.723. The van der Waals surface area contributed by atoms with Crippen LogP contribution in [0.2, 0.25) is 0 Å². The molecule has 0 heterocycles. The molecule has 0 bridgehead atoms. The molecule has 0 fully saturated rings. The smallest absolute Gasteiger partial charge is 0.316 e. The molecule has 0 aromatic heterocycles. The summed E-state index contributed by atoms with van der Waals surface area (Å²) in [5.41, 5.74) is 0. The van der Waals surface area contributed by atoms with Crippen molar-refractivity contribution in [1.82, 2.24) is 5.32 Å². The summed E-state index contributed by atoms with van der Waals surface area (Å²) < 4.78 is 34.9. The van der Waals surface area contributed by atoms with Gasteiger partial charge in [0, 0.05) is 6.54 Å². The highest BCUT2D eigenvalue weighted by Gasteiger charge is 2.25. The van der Waals surface area contributed by atoms with Crippen molar-refractivity contribution in [2.24, 2.45) is 5.92 Å². The Morgan fingerprint density at radius 2 is 1.92 bits per heavy atom. The van der Waals surface area contributed by atoms with Gasteiger partial charge < -0.3 is 5.32 Å². The van der Waals surface area contributed by atoms with Crippen LogP contribution in [0.15, 0.2) is 0 Å². The van der Waals surface area contributed by atoms with Gasteiger partial charge in [0.1, 0.15) is 0 Å². The van der Waals surface area contributed by atoms with Gasteiger partial charge in [0.25, 0.3) is 0 Å². The van der Waals surface area contributed by atoms with E-state index in [1.54, 1.807) is 0 Å². The van der Waals surface area contributed by atoms with Gasteiger partial charge in [-0.25, -0.2) is 0 Å². The van der Waals surface area contributed by atoms with Crippen LogP contribution in [-0.2, 0) is 0 Å². The van der Waals surface area contributed by atoms with Crippen LogP contribution >= 0.6 is 0 Å². The summed E-state index contributed by atoms with van der Waals surface area (Å²) >= 11 is 0. The quantitative estimate of drug-likeness (QED) is 0.646. The summed E-state index contributed by atoms with van der Waals surface area (Å²) in [4.78, 5) is 0. The highest BCUT2D eigenvalue weighted by Crippen LogP contribution is 2.18. The Morgan fingerprint density at radius 3 is 2.33 bits per heavy atom. The Labute approximate surface area is 71.3 Å². The maximum atomic E-state index is 11.6. The zero-order valence-electron chi connectivity index (χ0n) is 7.54. The van der Waals surface area contributed by atoms with Gasteiger partial charge in [0.2, 0.25) is 0 Å². The van der Waals surface area contributed by atoms with Gasteiger partial charge in [-0.2, -0.15) is 13.2 Å². The van der Waals surface area contributed by atoms with Crippen molar-refractivity contribution >= 4 is 0 Å². The molecule has 0 spiro atoms. The maximum absolute atomic E-state index is 11.6. The first-order valence-corrected chi connectivity index (χ1v) is 4.23. The Bertz CT molecular complexity index is 111. The molecule has 0 aromatic carbocycles. The van der Waals surface area contributed by atoms with Crippen LogP contribution in [-0.4, -0.2) is 19.3 Å². The molecule has 0 amide bonds. The molecular weight excluding hydrogens is 167 g/mol. The fraction of sp³-hybridized carbons (Fsp3) is 1.00. The minimum Gasteiger partial charge on any atom is -0.316 e. The first-order valence-electron chi connectivity index (χ1n) is 4.23. The van der Waals surface area contributed by atoms with E-state index in [2.05, 4.69) is 5.32 Å². The van der Waals surface area contributed by atoms with E-state index >= 15 is 0 Å². The lowest BCUT2D eigenvalue weighted by molar-refractivity contribution is -0.133. The van der Waals surface area contributed by atoms with Gasteiger partial charge in [-0.05, 0) is 12.5 Å². The fourth-order valence-electron chi connectivity index (χ4n) is 0.723. The molecule has 0 saturated heterocycles. The summed E-state index contributed by atoms with van der Waals surface area (Å²) in [6.45, 7) is 4.75. The standard InChI is InChI=1S/C8H16F3N/c1-3-7(2)6-12-5-4-8(9,10)11/h7,12H,3-6H2,1-2H3. The molecular formula is C8H16F3N. The Hall–Kier alpha value is -0.250. The molecule has 0 saturated carbocycles. The van der Waals surface area contributed by atoms with Gasteiger partial charge in [-0.15, -0.1) is 0 Å². The van der Waals surface area contributed by atoms with E-state index in [0.717, 1.165) is 6.42 Å². The van der Waals surface area contributed by atoms with Crippen molar-refractivity contribution in [2.45, 2.75) is 32.9 Å².